The second kappa shape index (κ2) is 9.05. The summed E-state index contributed by atoms with van der Waals surface area (Å²) in [5.41, 5.74) is 6.39. The van der Waals surface area contributed by atoms with Crippen LogP contribution in [-0.2, 0) is 17.8 Å². The van der Waals surface area contributed by atoms with Crippen LogP contribution in [0.25, 0.3) is 0 Å². The minimum Gasteiger partial charge on any atom is -0.384 e. The van der Waals surface area contributed by atoms with E-state index in [1.807, 2.05) is 11.9 Å². The zero-order valence-electron chi connectivity index (χ0n) is 15.9. The molecule has 1 aromatic carbocycles. The summed E-state index contributed by atoms with van der Waals surface area (Å²) in [7, 11) is 1.99. The third-order valence-electron chi connectivity index (χ3n) is 5.10. The lowest BCUT2D eigenvalue weighted by atomic mass is 10.1. The smallest absolute Gasteiger partial charge is 0.222 e. The molecule has 1 atom stereocenters. The van der Waals surface area contributed by atoms with Crippen LogP contribution in [0.15, 0.2) is 30.5 Å². The van der Waals surface area contributed by atoms with Crippen LogP contribution in [0.5, 0.6) is 0 Å². The van der Waals surface area contributed by atoms with E-state index in [0.29, 0.717) is 49.6 Å². The van der Waals surface area contributed by atoms with Gasteiger partial charge in [0.15, 0.2) is 11.6 Å². The van der Waals surface area contributed by atoms with E-state index < -0.39 is 11.6 Å². The maximum Gasteiger partial charge on any atom is 0.222 e. The minimum atomic E-state index is -0.851. The summed E-state index contributed by atoms with van der Waals surface area (Å²) in [5, 5.41) is 0. The van der Waals surface area contributed by atoms with Gasteiger partial charge in [0.1, 0.15) is 11.6 Å². The molecule has 0 aliphatic carbocycles. The molecule has 0 unspecified atom stereocenters. The van der Waals surface area contributed by atoms with Gasteiger partial charge in [-0.05, 0) is 50.1 Å². The summed E-state index contributed by atoms with van der Waals surface area (Å²) >= 11 is 0. The van der Waals surface area contributed by atoms with Crippen LogP contribution in [0.2, 0.25) is 0 Å². The Morgan fingerprint density at radius 1 is 1.32 bits per heavy atom. The fraction of sp³-hybridized carbons (Fsp3) is 0.450. The van der Waals surface area contributed by atoms with E-state index in [2.05, 4.69) is 14.9 Å². The van der Waals surface area contributed by atoms with E-state index >= 15 is 0 Å². The number of carbonyl (C=O) groups excluding carboxylic acids is 1. The Morgan fingerprint density at radius 2 is 2.14 bits per heavy atom. The number of rotatable bonds is 7. The van der Waals surface area contributed by atoms with Crippen LogP contribution in [0.1, 0.15) is 30.7 Å². The third-order valence-corrected chi connectivity index (χ3v) is 5.10. The number of nitrogens with zero attached hydrogens (tertiary/aromatic N) is 4. The topological polar surface area (TPSA) is 75.4 Å². The number of nitrogen functional groups attached to an aromatic ring is 1. The Kier molecular flexibility index (Phi) is 6.51. The number of hydrogen-bond donors (Lipinski definition) is 1. The average Bonchev–Trinajstić information content (AvgIpc) is 3.15. The maximum absolute atomic E-state index is 13.2. The van der Waals surface area contributed by atoms with Crippen molar-refractivity contribution in [2.24, 2.45) is 0 Å². The second-order valence-electron chi connectivity index (χ2n) is 7.20. The highest BCUT2D eigenvalue weighted by molar-refractivity contribution is 5.76. The van der Waals surface area contributed by atoms with E-state index in [0.717, 1.165) is 19.0 Å². The number of likely N-dealkylation sites (tertiary alicyclic amines) is 1. The van der Waals surface area contributed by atoms with Crippen LogP contribution >= 0.6 is 0 Å². The second-order valence-corrected chi connectivity index (χ2v) is 7.20. The van der Waals surface area contributed by atoms with Crippen LogP contribution in [-0.4, -0.2) is 51.9 Å². The molecule has 1 saturated heterocycles. The normalized spacial score (nSPS) is 16.7. The van der Waals surface area contributed by atoms with Crippen molar-refractivity contribution in [1.82, 2.24) is 19.8 Å². The van der Waals surface area contributed by atoms with Gasteiger partial charge >= 0.3 is 0 Å². The Labute approximate surface area is 163 Å². The van der Waals surface area contributed by atoms with E-state index in [1.54, 1.807) is 18.3 Å². The highest BCUT2D eigenvalue weighted by Crippen LogP contribution is 2.18. The highest BCUT2D eigenvalue weighted by atomic mass is 19.2. The van der Waals surface area contributed by atoms with E-state index in [4.69, 9.17) is 5.73 Å². The highest BCUT2D eigenvalue weighted by Gasteiger charge is 2.28. The summed E-state index contributed by atoms with van der Waals surface area (Å²) in [5.74, 6) is -0.491. The molecule has 0 saturated carbocycles. The molecule has 2 N–H and O–H groups in total. The molecule has 8 heteroatoms. The first-order valence-corrected chi connectivity index (χ1v) is 9.41. The zero-order valence-corrected chi connectivity index (χ0v) is 15.9. The van der Waals surface area contributed by atoms with Crippen LogP contribution in [0, 0.1) is 11.6 Å². The van der Waals surface area contributed by atoms with Gasteiger partial charge in [-0.3, -0.25) is 9.69 Å². The van der Waals surface area contributed by atoms with Crippen molar-refractivity contribution >= 4 is 11.7 Å². The number of carbonyl (C=O) groups is 1. The van der Waals surface area contributed by atoms with Gasteiger partial charge in [0.05, 0.1) is 6.54 Å². The van der Waals surface area contributed by atoms with E-state index in [9.17, 15) is 13.6 Å². The van der Waals surface area contributed by atoms with Crippen molar-refractivity contribution in [3.05, 3.63) is 53.5 Å². The van der Waals surface area contributed by atoms with Gasteiger partial charge < -0.3 is 10.6 Å². The maximum atomic E-state index is 13.2. The number of aryl methyl sites for hydroxylation is 1. The Bertz CT molecular complexity index is 832. The SMILES string of the molecule is CN(Cc1nccc(N)n1)[C@@H]1CCN(C(=O)CCCc2ccc(F)c(F)c2)C1. The summed E-state index contributed by atoms with van der Waals surface area (Å²) < 4.78 is 26.2. The lowest BCUT2D eigenvalue weighted by molar-refractivity contribution is -0.130. The van der Waals surface area contributed by atoms with Crippen molar-refractivity contribution in [3.8, 4) is 0 Å². The molecule has 2 heterocycles. The fourth-order valence-corrected chi connectivity index (χ4v) is 3.47. The van der Waals surface area contributed by atoms with Gasteiger partial charge in [-0.25, -0.2) is 18.7 Å². The molecule has 1 amide bonds. The monoisotopic (exact) mass is 389 g/mol. The number of amides is 1. The molecule has 1 aromatic heterocycles. The van der Waals surface area contributed by atoms with Crippen LogP contribution in [0.4, 0.5) is 14.6 Å². The summed E-state index contributed by atoms with van der Waals surface area (Å²) in [4.78, 5) is 24.9. The first-order valence-electron chi connectivity index (χ1n) is 9.41. The number of nitrogens with two attached hydrogens (primary N) is 1. The molecule has 3 rings (SSSR count). The molecule has 1 aliphatic rings. The average molecular weight is 389 g/mol. The van der Waals surface area contributed by atoms with E-state index in [1.165, 1.54) is 6.07 Å². The number of benzene rings is 1. The van der Waals surface area contributed by atoms with Crippen molar-refractivity contribution in [2.45, 2.75) is 38.3 Å². The number of aromatic nitrogens is 2. The Morgan fingerprint density at radius 3 is 2.89 bits per heavy atom. The molecule has 1 fully saturated rings. The number of hydrogen-bond acceptors (Lipinski definition) is 5. The van der Waals surface area contributed by atoms with Crippen molar-refractivity contribution in [1.29, 1.82) is 0 Å². The number of halogens is 2. The summed E-state index contributed by atoms with van der Waals surface area (Å²) in [6.45, 7) is 1.97. The lowest BCUT2D eigenvalue weighted by Crippen LogP contribution is -2.36. The molecule has 1 aliphatic heterocycles. The van der Waals surface area contributed by atoms with Gasteiger partial charge in [0.2, 0.25) is 5.91 Å². The lowest BCUT2D eigenvalue weighted by Gasteiger charge is -2.24. The number of anilines is 1. The fourth-order valence-electron chi connectivity index (χ4n) is 3.47. The molecule has 0 spiro atoms. The first-order chi connectivity index (χ1) is 13.4. The van der Waals surface area contributed by atoms with Crippen molar-refractivity contribution < 1.29 is 13.6 Å². The predicted molar refractivity (Wildman–Crippen MR) is 102 cm³/mol. The quantitative estimate of drug-likeness (QED) is 0.787. The molecule has 28 heavy (non-hydrogen) atoms. The summed E-state index contributed by atoms with van der Waals surface area (Å²) in [6.07, 6.45) is 4.09. The Hall–Kier alpha value is -2.61. The molecule has 0 radical (unpaired) electrons. The standard InChI is InChI=1S/C20H25F2N5O/c1-26(13-19-24-9-7-18(23)25-19)15-8-10-27(12-15)20(28)4-2-3-14-5-6-16(21)17(22)11-14/h5-7,9,11,15H,2-4,8,10,12-13H2,1H3,(H2,23,24,25)/t15-/m1/s1. The molecule has 0 bridgehead atoms. The molecule has 150 valence electrons. The molecular weight excluding hydrogens is 364 g/mol. The molecule has 6 nitrogen and oxygen atoms in total. The van der Waals surface area contributed by atoms with Crippen LogP contribution in [0.3, 0.4) is 0 Å². The minimum absolute atomic E-state index is 0.0960. The largest absolute Gasteiger partial charge is 0.384 e. The number of likely N-dealkylation sites (N-methyl/N-ethyl adjacent to an activating group) is 1. The van der Waals surface area contributed by atoms with Gasteiger partial charge in [-0.15, -0.1) is 0 Å². The van der Waals surface area contributed by atoms with E-state index in [-0.39, 0.29) is 11.9 Å². The van der Waals surface area contributed by atoms with Crippen molar-refractivity contribution in [2.75, 3.05) is 25.9 Å². The van der Waals surface area contributed by atoms with Gasteiger partial charge in [-0.2, -0.15) is 0 Å². The van der Waals surface area contributed by atoms with Crippen LogP contribution < -0.4 is 5.73 Å². The van der Waals surface area contributed by atoms with Crippen molar-refractivity contribution in [3.63, 3.8) is 0 Å². The molecule has 2 aromatic rings. The predicted octanol–water partition coefficient (Wildman–Crippen LogP) is 2.39. The Balaban J connectivity index is 1.43. The van der Waals surface area contributed by atoms with Gasteiger partial charge in [-0.1, -0.05) is 6.07 Å². The first kappa shape index (κ1) is 20.1. The van der Waals surface area contributed by atoms with Gasteiger partial charge in [0.25, 0.3) is 0 Å². The molecular formula is C20H25F2N5O. The third kappa shape index (κ3) is 5.22. The van der Waals surface area contributed by atoms with Gasteiger partial charge in [0, 0.05) is 31.7 Å². The summed E-state index contributed by atoms with van der Waals surface area (Å²) in [6, 6.07) is 5.78. The zero-order chi connectivity index (χ0) is 20.1.